The molecule has 31 heavy (non-hydrogen) atoms. The van der Waals surface area contributed by atoms with Crippen LogP contribution in [0.4, 0.5) is 4.79 Å². The fraction of sp³-hybridized carbons (Fsp3) is 0.182. The van der Waals surface area contributed by atoms with Gasteiger partial charge in [0.25, 0.3) is 11.1 Å². The molecule has 0 unspecified atom stereocenters. The van der Waals surface area contributed by atoms with Crippen molar-refractivity contribution in [3.8, 4) is 11.5 Å². The van der Waals surface area contributed by atoms with Crippen molar-refractivity contribution in [3.63, 3.8) is 0 Å². The molecule has 1 aliphatic heterocycles. The Labute approximate surface area is 199 Å². The number of amides is 2. The fourth-order valence-electron chi connectivity index (χ4n) is 2.80. The Morgan fingerprint density at radius 1 is 1.06 bits per heavy atom. The van der Waals surface area contributed by atoms with Crippen LogP contribution in [0.2, 0.25) is 15.1 Å². The van der Waals surface area contributed by atoms with E-state index in [-0.39, 0.29) is 24.3 Å². The first-order valence-electron chi connectivity index (χ1n) is 9.23. The third-order valence-corrected chi connectivity index (χ3v) is 6.11. The maximum absolute atomic E-state index is 12.4. The van der Waals surface area contributed by atoms with E-state index in [9.17, 15) is 9.59 Å². The highest BCUT2D eigenvalue weighted by Gasteiger charge is 2.34. The Hall–Kier alpha value is -2.12. The largest absolute Gasteiger partial charge is 0.490 e. The van der Waals surface area contributed by atoms with Crippen molar-refractivity contribution in [3.05, 3.63) is 74.1 Å². The van der Waals surface area contributed by atoms with Crippen LogP contribution in [-0.4, -0.2) is 29.2 Å². The number of imide groups is 1. The summed E-state index contributed by atoms with van der Waals surface area (Å²) in [7, 11) is 0. The van der Waals surface area contributed by atoms with Gasteiger partial charge in [-0.05, 0) is 60.2 Å². The van der Waals surface area contributed by atoms with Crippen LogP contribution in [0.3, 0.4) is 0 Å². The van der Waals surface area contributed by atoms with E-state index in [1.165, 1.54) is 6.08 Å². The third kappa shape index (κ3) is 5.57. The quantitative estimate of drug-likeness (QED) is 0.294. The average molecular weight is 499 g/mol. The molecular weight excluding hydrogens is 481 g/mol. The average Bonchev–Trinajstić information content (AvgIpc) is 2.98. The first-order chi connectivity index (χ1) is 14.8. The van der Waals surface area contributed by atoms with E-state index in [0.717, 1.165) is 22.2 Å². The van der Waals surface area contributed by atoms with Gasteiger partial charge in [-0.3, -0.25) is 14.5 Å². The van der Waals surface area contributed by atoms with Gasteiger partial charge < -0.3 is 9.47 Å². The first-order valence-corrected chi connectivity index (χ1v) is 11.2. The van der Waals surface area contributed by atoms with Gasteiger partial charge >= 0.3 is 0 Å². The Bertz CT molecular complexity index is 1070. The molecule has 2 aromatic carbocycles. The number of ether oxygens (including phenoxy) is 2. The second-order valence-corrected chi connectivity index (χ2v) is 8.60. The minimum Gasteiger partial charge on any atom is -0.490 e. The van der Waals surface area contributed by atoms with Crippen LogP contribution < -0.4 is 9.47 Å². The zero-order chi connectivity index (χ0) is 22.5. The fourth-order valence-corrected chi connectivity index (χ4v) is 4.24. The SMILES string of the molecule is C=CCN1C(=O)S/C(=C/c2cc(Cl)c(OCc3ccc(Cl)c(Cl)c3)c(OCC)c2)C1=O. The molecule has 5 nitrogen and oxygen atoms in total. The topological polar surface area (TPSA) is 55.8 Å². The Morgan fingerprint density at radius 3 is 2.52 bits per heavy atom. The lowest BCUT2D eigenvalue weighted by atomic mass is 10.1. The molecule has 2 amide bonds. The standard InChI is InChI=1S/C22H18Cl3NO4S/c1-3-7-26-21(27)19(31-22(26)28)11-14-9-17(25)20(18(10-14)29-4-2)30-12-13-5-6-15(23)16(24)8-13/h3,5-6,8-11H,1,4,7,12H2,2H3/b19-11+. The van der Waals surface area contributed by atoms with E-state index in [1.54, 1.807) is 36.4 Å². The van der Waals surface area contributed by atoms with Gasteiger partial charge in [-0.15, -0.1) is 6.58 Å². The van der Waals surface area contributed by atoms with Crippen LogP contribution in [0, 0.1) is 0 Å². The summed E-state index contributed by atoms with van der Waals surface area (Å²) in [5.41, 5.74) is 1.42. The van der Waals surface area contributed by atoms with E-state index in [0.29, 0.717) is 43.6 Å². The van der Waals surface area contributed by atoms with Crippen LogP contribution in [0.5, 0.6) is 11.5 Å². The maximum atomic E-state index is 12.4. The second-order valence-electron chi connectivity index (χ2n) is 6.38. The summed E-state index contributed by atoms with van der Waals surface area (Å²) in [6, 6.07) is 8.56. The normalized spacial score (nSPS) is 15.0. The third-order valence-electron chi connectivity index (χ3n) is 4.18. The van der Waals surface area contributed by atoms with Crippen LogP contribution in [-0.2, 0) is 11.4 Å². The number of rotatable bonds is 8. The lowest BCUT2D eigenvalue weighted by Gasteiger charge is -2.15. The van der Waals surface area contributed by atoms with Crippen molar-refractivity contribution in [2.24, 2.45) is 0 Å². The molecule has 3 rings (SSSR count). The van der Waals surface area contributed by atoms with E-state index in [2.05, 4.69) is 6.58 Å². The van der Waals surface area contributed by atoms with Crippen LogP contribution in [0.25, 0.3) is 6.08 Å². The molecule has 9 heteroatoms. The second kappa shape index (κ2) is 10.5. The highest BCUT2D eigenvalue weighted by molar-refractivity contribution is 8.18. The Morgan fingerprint density at radius 2 is 1.84 bits per heavy atom. The molecule has 1 heterocycles. The molecule has 0 spiro atoms. The zero-order valence-corrected chi connectivity index (χ0v) is 19.6. The van der Waals surface area contributed by atoms with E-state index >= 15 is 0 Å². The van der Waals surface area contributed by atoms with Crippen molar-refractivity contribution in [2.75, 3.05) is 13.2 Å². The molecular formula is C22H18Cl3NO4S. The molecule has 0 saturated carbocycles. The maximum Gasteiger partial charge on any atom is 0.293 e. The molecule has 0 N–H and O–H groups in total. The van der Waals surface area contributed by atoms with Crippen LogP contribution in [0.15, 0.2) is 47.9 Å². The summed E-state index contributed by atoms with van der Waals surface area (Å²) in [5, 5.41) is 0.858. The summed E-state index contributed by atoms with van der Waals surface area (Å²) >= 11 is 19.3. The van der Waals surface area contributed by atoms with Gasteiger partial charge in [-0.25, -0.2) is 0 Å². The number of halogens is 3. The van der Waals surface area contributed by atoms with Gasteiger partial charge in [0.1, 0.15) is 6.61 Å². The van der Waals surface area contributed by atoms with Gasteiger partial charge in [0, 0.05) is 6.54 Å². The smallest absolute Gasteiger partial charge is 0.293 e. The molecule has 162 valence electrons. The molecule has 0 aromatic heterocycles. The van der Waals surface area contributed by atoms with Crippen molar-refractivity contribution >= 4 is 63.8 Å². The monoisotopic (exact) mass is 497 g/mol. The summed E-state index contributed by atoms with van der Waals surface area (Å²) in [6.45, 7) is 6.16. The van der Waals surface area contributed by atoms with Gasteiger partial charge in [-0.2, -0.15) is 0 Å². The van der Waals surface area contributed by atoms with Crippen molar-refractivity contribution in [1.29, 1.82) is 0 Å². The number of hydrogen-bond acceptors (Lipinski definition) is 5. The minimum atomic E-state index is -0.371. The lowest BCUT2D eigenvalue weighted by molar-refractivity contribution is -0.122. The number of benzene rings is 2. The summed E-state index contributed by atoms with van der Waals surface area (Å²) in [6.07, 6.45) is 3.11. The number of hydrogen-bond donors (Lipinski definition) is 0. The van der Waals surface area contributed by atoms with Crippen LogP contribution in [0.1, 0.15) is 18.1 Å². The van der Waals surface area contributed by atoms with Crippen molar-refractivity contribution in [2.45, 2.75) is 13.5 Å². The van der Waals surface area contributed by atoms with Crippen molar-refractivity contribution in [1.82, 2.24) is 4.90 Å². The highest BCUT2D eigenvalue weighted by Crippen LogP contribution is 2.39. The van der Waals surface area contributed by atoms with E-state index < -0.39 is 0 Å². The minimum absolute atomic E-state index is 0.161. The highest BCUT2D eigenvalue weighted by atomic mass is 35.5. The number of thioether (sulfide) groups is 1. The molecule has 0 radical (unpaired) electrons. The predicted octanol–water partition coefficient (Wildman–Crippen LogP) is 6.85. The van der Waals surface area contributed by atoms with Gasteiger partial charge in [0.15, 0.2) is 11.5 Å². The van der Waals surface area contributed by atoms with Crippen molar-refractivity contribution < 1.29 is 19.1 Å². The summed E-state index contributed by atoms with van der Waals surface area (Å²) in [5.74, 6) is 0.419. The van der Waals surface area contributed by atoms with E-state index in [4.69, 9.17) is 44.3 Å². The van der Waals surface area contributed by atoms with E-state index in [1.807, 2.05) is 6.92 Å². The Kier molecular flexibility index (Phi) is 7.94. The molecule has 1 saturated heterocycles. The lowest BCUT2D eigenvalue weighted by Crippen LogP contribution is -2.27. The number of nitrogens with zero attached hydrogens (tertiary/aromatic N) is 1. The number of carbonyl (C=O) groups is 2. The molecule has 1 fully saturated rings. The molecule has 1 aliphatic rings. The van der Waals surface area contributed by atoms with Gasteiger partial charge in [0.2, 0.25) is 0 Å². The van der Waals surface area contributed by atoms with Gasteiger partial charge in [0.05, 0.1) is 26.6 Å². The van der Waals surface area contributed by atoms with Crippen LogP contribution >= 0.6 is 46.6 Å². The molecule has 0 bridgehead atoms. The molecule has 0 aliphatic carbocycles. The predicted molar refractivity (Wildman–Crippen MR) is 126 cm³/mol. The summed E-state index contributed by atoms with van der Waals surface area (Å²) < 4.78 is 11.6. The number of carbonyl (C=O) groups excluding carboxylic acids is 2. The molecule has 0 atom stereocenters. The summed E-state index contributed by atoms with van der Waals surface area (Å²) in [4.78, 5) is 25.9. The Balaban J connectivity index is 1.86. The first kappa shape index (κ1) is 23.5. The van der Waals surface area contributed by atoms with Gasteiger partial charge in [-0.1, -0.05) is 46.9 Å². The molecule has 2 aromatic rings. The zero-order valence-electron chi connectivity index (χ0n) is 16.5.